The lowest BCUT2D eigenvalue weighted by Crippen LogP contribution is -1.97. The fourth-order valence-electron chi connectivity index (χ4n) is 8.78. The predicted molar refractivity (Wildman–Crippen MR) is 249 cm³/mol. The van der Waals surface area contributed by atoms with Gasteiger partial charge in [-0.2, -0.15) is 0 Å². The largest absolute Gasteiger partial charge is 0.292 e. The molecule has 0 N–H and O–H groups in total. The monoisotopic (exact) mass is 750 g/mol. The SMILES string of the molecule is c1ccc(-c2ccc(-c3ccc4c(-c5ccccc5)c5cc(-c6ccc7c(c6)nc(-c6ccccc6)n7-c6ccccc6)ccc5c(-c5ccccc5)c4c3)cc2)cc1. The van der Waals surface area contributed by atoms with Crippen molar-refractivity contribution < 1.29 is 0 Å². The Labute approximate surface area is 344 Å². The van der Waals surface area contributed by atoms with Gasteiger partial charge in [0.15, 0.2) is 0 Å². The summed E-state index contributed by atoms with van der Waals surface area (Å²) in [5, 5.41) is 4.92. The first-order valence-corrected chi connectivity index (χ1v) is 20.2. The Balaban J connectivity index is 1.12. The molecule has 0 saturated carbocycles. The Morgan fingerprint density at radius 2 is 0.644 bits per heavy atom. The molecule has 59 heavy (non-hydrogen) atoms. The minimum Gasteiger partial charge on any atom is -0.292 e. The van der Waals surface area contributed by atoms with E-state index in [0.717, 1.165) is 39.2 Å². The number of fused-ring (bicyclic) bond motifs is 3. The van der Waals surface area contributed by atoms with Gasteiger partial charge in [-0.15, -0.1) is 0 Å². The molecule has 0 aliphatic heterocycles. The molecule has 10 aromatic carbocycles. The number of nitrogens with zero attached hydrogens (tertiary/aromatic N) is 2. The van der Waals surface area contributed by atoms with Gasteiger partial charge in [0, 0.05) is 11.3 Å². The van der Waals surface area contributed by atoms with E-state index in [2.05, 4.69) is 235 Å². The maximum Gasteiger partial charge on any atom is 0.145 e. The first-order chi connectivity index (χ1) is 29.3. The van der Waals surface area contributed by atoms with Gasteiger partial charge >= 0.3 is 0 Å². The van der Waals surface area contributed by atoms with Crippen LogP contribution in [0.1, 0.15) is 0 Å². The Morgan fingerprint density at radius 1 is 0.271 bits per heavy atom. The maximum atomic E-state index is 5.28. The summed E-state index contributed by atoms with van der Waals surface area (Å²) in [5.74, 6) is 0.930. The van der Waals surface area contributed by atoms with Crippen molar-refractivity contribution in [2.75, 3.05) is 0 Å². The highest BCUT2D eigenvalue weighted by atomic mass is 15.1. The van der Waals surface area contributed by atoms with Crippen molar-refractivity contribution in [1.29, 1.82) is 0 Å². The molecule has 1 aromatic heterocycles. The first kappa shape index (κ1) is 34.4. The van der Waals surface area contributed by atoms with Crippen molar-refractivity contribution >= 4 is 32.6 Å². The van der Waals surface area contributed by atoms with E-state index in [9.17, 15) is 0 Å². The number of benzene rings is 10. The second kappa shape index (κ2) is 14.6. The van der Waals surface area contributed by atoms with Crippen molar-refractivity contribution in [3.8, 4) is 72.7 Å². The van der Waals surface area contributed by atoms with E-state index in [-0.39, 0.29) is 0 Å². The molecule has 0 atom stereocenters. The summed E-state index contributed by atoms with van der Waals surface area (Å²) in [7, 11) is 0. The summed E-state index contributed by atoms with van der Waals surface area (Å²) in [6, 6.07) is 83.1. The predicted octanol–water partition coefficient (Wildman–Crippen LogP) is 15.3. The van der Waals surface area contributed by atoms with Gasteiger partial charge in [0.2, 0.25) is 0 Å². The Morgan fingerprint density at radius 3 is 1.17 bits per heavy atom. The average molecular weight is 751 g/mol. The van der Waals surface area contributed by atoms with Crippen molar-refractivity contribution in [2.24, 2.45) is 0 Å². The smallest absolute Gasteiger partial charge is 0.145 e. The number of aromatic nitrogens is 2. The lowest BCUT2D eigenvalue weighted by Gasteiger charge is -2.19. The molecule has 2 heteroatoms. The van der Waals surface area contributed by atoms with Crippen LogP contribution in [0.3, 0.4) is 0 Å². The molecule has 11 rings (SSSR count). The minimum atomic E-state index is 0.930. The number of hydrogen-bond acceptors (Lipinski definition) is 1. The zero-order chi connectivity index (χ0) is 39.1. The molecule has 0 aliphatic rings. The molecule has 0 amide bonds. The molecule has 2 nitrogen and oxygen atoms in total. The summed E-state index contributed by atoms with van der Waals surface area (Å²) < 4.78 is 2.27. The van der Waals surface area contributed by atoms with Gasteiger partial charge < -0.3 is 0 Å². The fourth-order valence-corrected chi connectivity index (χ4v) is 8.78. The van der Waals surface area contributed by atoms with Crippen LogP contribution in [0.5, 0.6) is 0 Å². The Bertz CT molecular complexity index is 3260. The normalized spacial score (nSPS) is 11.4. The van der Waals surface area contributed by atoms with Crippen LogP contribution in [0, 0.1) is 0 Å². The number of hydrogen-bond donors (Lipinski definition) is 0. The molecule has 0 spiro atoms. The standard InChI is InChI=1S/C57H38N2/c1-6-16-39(17-7-1)40-26-28-41(29-27-40)45-30-33-49-51(36-45)55(42-18-8-2-9-19-42)50-34-31-46(37-52(50)56(49)43-20-10-3-11-21-43)47-32-35-54-53(38-47)58-57(44-22-12-4-13-23-44)59(54)48-24-14-5-15-25-48/h1-38H. The molecule has 0 fully saturated rings. The van der Waals surface area contributed by atoms with Crippen molar-refractivity contribution in [3.63, 3.8) is 0 Å². The molecule has 11 aromatic rings. The second-order valence-corrected chi connectivity index (χ2v) is 15.1. The van der Waals surface area contributed by atoms with Crippen molar-refractivity contribution in [2.45, 2.75) is 0 Å². The molecule has 1 heterocycles. The fraction of sp³-hybridized carbons (Fsp3) is 0. The zero-order valence-corrected chi connectivity index (χ0v) is 32.3. The van der Waals surface area contributed by atoms with Crippen molar-refractivity contribution in [3.05, 3.63) is 231 Å². The summed E-state index contributed by atoms with van der Waals surface area (Å²) in [4.78, 5) is 5.28. The molecule has 0 radical (unpaired) electrons. The van der Waals surface area contributed by atoms with Crippen LogP contribution in [0.4, 0.5) is 0 Å². The van der Waals surface area contributed by atoms with Crippen LogP contribution in [-0.4, -0.2) is 9.55 Å². The molecule has 0 unspecified atom stereocenters. The van der Waals surface area contributed by atoms with Crippen LogP contribution < -0.4 is 0 Å². The van der Waals surface area contributed by atoms with E-state index >= 15 is 0 Å². The highest BCUT2D eigenvalue weighted by Gasteiger charge is 2.20. The van der Waals surface area contributed by atoms with Gasteiger partial charge in [0.25, 0.3) is 0 Å². The highest BCUT2D eigenvalue weighted by molar-refractivity contribution is 6.22. The third-order valence-corrected chi connectivity index (χ3v) is 11.6. The molecule has 0 saturated heterocycles. The van der Waals surface area contributed by atoms with Gasteiger partial charge in [0.1, 0.15) is 5.82 Å². The van der Waals surface area contributed by atoms with E-state index in [1.165, 1.54) is 66.1 Å². The molecule has 276 valence electrons. The Hall–Kier alpha value is -7.81. The topological polar surface area (TPSA) is 17.8 Å². The quantitative estimate of drug-likeness (QED) is 0.148. The summed E-state index contributed by atoms with van der Waals surface area (Å²) in [6.45, 7) is 0. The van der Waals surface area contributed by atoms with Crippen LogP contribution in [0.15, 0.2) is 231 Å². The van der Waals surface area contributed by atoms with E-state index < -0.39 is 0 Å². The van der Waals surface area contributed by atoms with Gasteiger partial charge in [-0.3, -0.25) is 4.57 Å². The molecular weight excluding hydrogens is 713 g/mol. The third-order valence-electron chi connectivity index (χ3n) is 11.6. The Kier molecular flexibility index (Phi) is 8.52. The average Bonchev–Trinajstić information content (AvgIpc) is 3.71. The summed E-state index contributed by atoms with van der Waals surface area (Å²) in [6.07, 6.45) is 0. The summed E-state index contributed by atoms with van der Waals surface area (Å²) >= 11 is 0. The van der Waals surface area contributed by atoms with Crippen LogP contribution in [0.2, 0.25) is 0 Å². The van der Waals surface area contributed by atoms with E-state index in [1.807, 2.05) is 0 Å². The number of para-hydroxylation sites is 1. The van der Waals surface area contributed by atoms with E-state index in [1.54, 1.807) is 0 Å². The molecular formula is C57H38N2. The maximum absolute atomic E-state index is 5.28. The second-order valence-electron chi connectivity index (χ2n) is 15.1. The zero-order valence-electron chi connectivity index (χ0n) is 32.3. The minimum absolute atomic E-state index is 0.930. The molecule has 0 bridgehead atoms. The van der Waals surface area contributed by atoms with Crippen LogP contribution in [0.25, 0.3) is 105 Å². The lowest BCUT2D eigenvalue weighted by molar-refractivity contribution is 1.10. The third kappa shape index (κ3) is 6.19. The first-order valence-electron chi connectivity index (χ1n) is 20.2. The van der Waals surface area contributed by atoms with E-state index in [0.29, 0.717) is 0 Å². The van der Waals surface area contributed by atoms with E-state index in [4.69, 9.17) is 4.98 Å². The highest BCUT2D eigenvalue weighted by Crippen LogP contribution is 2.46. The lowest BCUT2D eigenvalue weighted by atomic mass is 9.84. The molecule has 0 aliphatic carbocycles. The number of rotatable bonds is 7. The number of imidazole rings is 1. The summed E-state index contributed by atoms with van der Waals surface area (Å²) in [5.41, 5.74) is 16.2. The van der Waals surface area contributed by atoms with Crippen molar-refractivity contribution in [1.82, 2.24) is 9.55 Å². The van der Waals surface area contributed by atoms with Crippen LogP contribution in [-0.2, 0) is 0 Å². The van der Waals surface area contributed by atoms with Gasteiger partial charge in [0.05, 0.1) is 11.0 Å². The van der Waals surface area contributed by atoms with Crippen LogP contribution >= 0.6 is 0 Å². The van der Waals surface area contributed by atoms with Gasteiger partial charge in [-0.25, -0.2) is 4.98 Å². The van der Waals surface area contributed by atoms with Gasteiger partial charge in [-0.05, 0) is 114 Å². The van der Waals surface area contributed by atoms with Gasteiger partial charge in [-0.1, -0.05) is 194 Å².